The Bertz CT molecular complexity index is 1940. The Balaban J connectivity index is 1.41. The van der Waals surface area contributed by atoms with Crippen molar-refractivity contribution in [3.63, 3.8) is 0 Å². The second kappa shape index (κ2) is 10.1. The van der Waals surface area contributed by atoms with E-state index in [1.165, 1.54) is 41.2 Å². The van der Waals surface area contributed by atoms with Gasteiger partial charge < -0.3 is 4.74 Å². The number of thiazole rings is 1. The molecule has 0 aliphatic rings. The summed E-state index contributed by atoms with van der Waals surface area (Å²) in [7, 11) is 1.41. The number of nitrogens with zero attached hydrogens (tertiary/aromatic N) is 5. The number of fused-ring (bicyclic) bond motifs is 1. The van der Waals surface area contributed by atoms with Crippen LogP contribution in [0.3, 0.4) is 0 Å². The van der Waals surface area contributed by atoms with Gasteiger partial charge in [-0.3, -0.25) is 4.79 Å². The van der Waals surface area contributed by atoms with Crippen molar-refractivity contribution < 1.29 is 13.5 Å². The molecule has 10 heteroatoms. The van der Waals surface area contributed by atoms with E-state index < -0.39 is 5.82 Å². The molecule has 192 valence electrons. The van der Waals surface area contributed by atoms with Gasteiger partial charge in [0.1, 0.15) is 11.5 Å². The van der Waals surface area contributed by atoms with Crippen molar-refractivity contribution in [3.05, 3.63) is 122 Å². The van der Waals surface area contributed by atoms with Crippen LogP contribution in [0, 0.1) is 11.6 Å². The maximum atomic E-state index is 14.6. The van der Waals surface area contributed by atoms with Gasteiger partial charge in [0.15, 0.2) is 17.4 Å². The summed E-state index contributed by atoms with van der Waals surface area (Å²) in [6.45, 7) is 0. The third kappa shape index (κ3) is 4.85. The second-order valence-electron chi connectivity index (χ2n) is 8.53. The molecule has 39 heavy (non-hydrogen) atoms. The van der Waals surface area contributed by atoms with E-state index in [1.807, 2.05) is 30.3 Å². The summed E-state index contributed by atoms with van der Waals surface area (Å²) in [4.78, 5) is 18.1. The van der Waals surface area contributed by atoms with Crippen molar-refractivity contribution in [2.24, 2.45) is 0 Å². The molecule has 0 unspecified atom stereocenters. The van der Waals surface area contributed by atoms with Crippen LogP contribution in [0.2, 0.25) is 0 Å². The molecular weight excluding hydrogens is 520 g/mol. The lowest BCUT2D eigenvalue weighted by atomic mass is 10.1. The maximum absolute atomic E-state index is 14.6. The highest BCUT2D eigenvalue weighted by Gasteiger charge is 2.15. The van der Waals surface area contributed by atoms with Gasteiger partial charge in [0.2, 0.25) is 4.96 Å². The molecule has 0 bridgehead atoms. The van der Waals surface area contributed by atoms with E-state index in [9.17, 15) is 13.6 Å². The van der Waals surface area contributed by atoms with Crippen LogP contribution in [0.5, 0.6) is 5.75 Å². The Kier molecular flexibility index (Phi) is 6.29. The quantitative estimate of drug-likeness (QED) is 0.298. The normalized spacial score (nSPS) is 12.1. The second-order valence-corrected chi connectivity index (χ2v) is 9.54. The van der Waals surface area contributed by atoms with Crippen LogP contribution in [0.15, 0.2) is 83.8 Å². The lowest BCUT2D eigenvalue weighted by Crippen LogP contribution is -2.23. The Labute approximate surface area is 224 Å². The Hall–Kier alpha value is -4.96. The molecule has 0 fully saturated rings. The first kappa shape index (κ1) is 24.4. The molecule has 0 saturated heterocycles. The van der Waals surface area contributed by atoms with Crippen LogP contribution in [0.1, 0.15) is 17.0 Å². The molecule has 0 amide bonds. The van der Waals surface area contributed by atoms with Gasteiger partial charge in [0.05, 0.1) is 17.3 Å². The van der Waals surface area contributed by atoms with E-state index in [0.29, 0.717) is 32.1 Å². The zero-order valence-electron chi connectivity index (χ0n) is 20.5. The Morgan fingerprint density at radius 3 is 2.46 bits per heavy atom. The molecule has 3 aromatic carbocycles. The number of aromatic nitrogens is 5. The van der Waals surface area contributed by atoms with Crippen molar-refractivity contribution >= 4 is 34.5 Å². The minimum absolute atomic E-state index is 0.128. The fraction of sp³-hybridized carbons (Fsp3) is 0.0345. The smallest absolute Gasteiger partial charge is 0.291 e. The van der Waals surface area contributed by atoms with Crippen molar-refractivity contribution in [2.45, 2.75) is 0 Å². The molecule has 0 atom stereocenters. The zero-order chi connectivity index (χ0) is 26.9. The molecule has 3 heterocycles. The largest absolute Gasteiger partial charge is 0.494 e. The van der Waals surface area contributed by atoms with E-state index in [-0.39, 0.29) is 17.1 Å². The fourth-order valence-corrected chi connectivity index (χ4v) is 4.96. The predicted molar refractivity (Wildman–Crippen MR) is 147 cm³/mol. The third-order valence-corrected chi connectivity index (χ3v) is 6.93. The van der Waals surface area contributed by atoms with Crippen molar-refractivity contribution in [1.29, 1.82) is 0 Å². The number of halogens is 2. The minimum atomic E-state index is -0.514. The number of benzene rings is 3. The first-order chi connectivity index (χ1) is 19.0. The van der Waals surface area contributed by atoms with Crippen LogP contribution < -0.4 is 14.8 Å². The molecule has 0 radical (unpaired) electrons. The topological polar surface area (TPSA) is 74.3 Å². The van der Waals surface area contributed by atoms with E-state index in [2.05, 4.69) is 10.1 Å². The minimum Gasteiger partial charge on any atom is -0.494 e. The summed E-state index contributed by atoms with van der Waals surface area (Å²) < 4.78 is 36.1. The van der Waals surface area contributed by atoms with Crippen LogP contribution in [0.25, 0.3) is 40.1 Å². The summed E-state index contributed by atoms with van der Waals surface area (Å²) in [6, 6.07) is 20.1. The summed E-state index contributed by atoms with van der Waals surface area (Å²) >= 11 is 1.19. The highest BCUT2D eigenvalue weighted by molar-refractivity contribution is 7.15. The van der Waals surface area contributed by atoms with Crippen molar-refractivity contribution in [3.8, 4) is 22.7 Å². The molecule has 0 aliphatic heterocycles. The standard InChI is InChI=1S/C29H19F2N5O2S/c1-38-24-13-10-19(15-23(24)31)27-20(17-35(34-27)22-5-3-2-4-6-22)16-25-28(37)36-29(39-25)32-26(33-36)14-9-18-7-11-21(30)12-8-18/h2-17H,1H3/b14-9+,25-16-. The average molecular weight is 540 g/mol. The van der Waals surface area contributed by atoms with Crippen molar-refractivity contribution in [1.82, 2.24) is 24.4 Å². The van der Waals surface area contributed by atoms with Crippen LogP contribution in [-0.4, -0.2) is 31.5 Å². The first-order valence-corrected chi connectivity index (χ1v) is 12.6. The van der Waals surface area contributed by atoms with Gasteiger partial charge in [-0.1, -0.05) is 47.7 Å². The highest BCUT2D eigenvalue weighted by Crippen LogP contribution is 2.28. The number of hydrogen-bond donors (Lipinski definition) is 0. The summed E-state index contributed by atoms with van der Waals surface area (Å²) in [5.74, 6) is -0.342. The van der Waals surface area contributed by atoms with Crippen LogP contribution in [0.4, 0.5) is 8.78 Å². The molecular formula is C29H19F2N5O2S. The molecule has 0 N–H and O–H groups in total. The number of rotatable bonds is 6. The van der Waals surface area contributed by atoms with Gasteiger partial charge in [0.25, 0.3) is 5.56 Å². The van der Waals surface area contributed by atoms with Crippen molar-refractivity contribution in [2.75, 3.05) is 7.11 Å². The van der Waals surface area contributed by atoms with Gasteiger partial charge >= 0.3 is 0 Å². The third-order valence-electron chi connectivity index (χ3n) is 5.97. The molecule has 0 saturated carbocycles. The Morgan fingerprint density at radius 1 is 0.949 bits per heavy atom. The lowest BCUT2D eigenvalue weighted by Gasteiger charge is -2.04. The van der Waals surface area contributed by atoms with Gasteiger partial charge in [-0.05, 0) is 60.2 Å². The van der Waals surface area contributed by atoms with Gasteiger partial charge in [0, 0.05) is 17.3 Å². The van der Waals surface area contributed by atoms with Crippen LogP contribution >= 0.6 is 11.3 Å². The number of para-hydroxylation sites is 1. The highest BCUT2D eigenvalue weighted by atomic mass is 32.1. The van der Waals surface area contributed by atoms with Gasteiger partial charge in [-0.15, -0.1) is 5.10 Å². The molecule has 0 aliphatic carbocycles. The number of hydrogen-bond acceptors (Lipinski definition) is 6. The van der Waals surface area contributed by atoms with Gasteiger partial charge in [-0.2, -0.15) is 14.6 Å². The van der Waals surface area contributed by atoms with E-state index >= 15 is 0 Å². The Morgan fingerprint density at radius 2 is 1.74 bits per heavy atom. The molecule has 6 aromatic rings. The van der Waals surface area contributed by atoms with E-state index in [1.54, 1.807) is 53.4 Å². The molecule has 3 aromatic heterocycles. The SMILES string of the molecule is COc1ccc(-c2nn(-c3ccccc3)cc2/C=c2\sc3nc(/C=C/c4ccc(F)cc4)nn3c2=O)cc1F. The van der Waals surface area contributed by atoms with Gasteiger partial charge in [-0.25, -0.2) is 13.5 Å². The van der Waals surface area contributed by atoms with E-state index in [4.69, 9.17) is 9.84 Å². The fourth-order valence-electron chi connectivity index (χ4n) is 4.05. The summed E-state index contributed by atoms with van der Waals surface area (Å²) in [6.07, 6.45) is 6.91. The molecule has 0 spiro atoms. The molecule has 7 nitrogen and oxygen atoms in total. The lowest BCUT2D eigenvalue weighted by molar-refractivity contribution is 0.386. The number of methoxy groups -OCH3 is 1. The summed E-state index contributed by atoms with van der Waals surface area (Å²) in [5.41, 5.74) is 2.93. The summed E-state index contributed by atoms with van der Waals surface area (Å²) in [5, 5.41) is 9.01. The zero-order valence-corrected chi connectivity index (χ0v) is 21.3. The number of ether oxygens (including phenoxy) is 1. The van der Waals surface area contributed by atoms with Crippen LogP contribution in [-0.2, 0) is 0 Å². The maximum Gasteiger partial charge on any atom is 0.291 e. The molecule has 6 rings (SSSR count). The average Bonchev–Trinajstić information content (AvgIpc) is 3.63. The monoisotopic (exact) mass is 539 g/mol. The first-order valence-electron chi connectivity index (χ1n) is 11.8. The van der Waals surface area contributed by atoms with E-state index in [0.717, 1.165) is 11.3 Å². The predicted octanol–water partition coefficient (Wildman–Crippen LogP) is 5.01.